The number of hydrogen-bond acceptors (Lipinski definition) is 1. The molecule has 0 spiro atoms. The van der Waals surface area contributed by atoms with Gasteiger partial charge in [0.05, 0.1) is 0 Å². The van der Waals surface area contributed by atoms with E-state index < -0.39 is 0 Å². The summed E-state index contributed by atoms with van der Waals surface area (Å²) in [6.07, 6.45) is 0. The number of hydrogen-bond donors (Lipinski definition) is 1. The first kappa shape index (κ1) is 10.5. The van der Waals surface area contributed by atoms with Crippen molar-refractivity contribution in [2.24, 2.45) is 0 Å². The maximum Gasteiger partial charge on any atom is 0.0497 e. The fourth-order valence-electron chi connectivity index (χ4n) is 1.83. The first-order valence-electron chi connectivity index (χ1n) is 5.02. The maximum atomic E-state index is 9.20. The van der Waals surface area contributed by atoms with Crippen molar-refractivity contribution >= 4 is 22.4 Å². The minimum absolute atomic E-state index is 0.119. The fourth-order valence-corrected chi connectivity index (χ4v) is 2.12. The Labute approximate surface area is 94.3 Å². The smallest absolute Gasteiger partial charge is 0.0497 e. The van der Waals surface area contributed by atoms with Crippen LogP contribution in [0.2, 0.25) is 5.02 Å². The molecule has 1 atom stereocenters. The van der Waals surface area contributed by atoms with E-state index in [0.29, 0.717) is 0 Å². The van der Waals surface area contributed by atoms with E-state index in [1.165, 1.54) is 0 Å². The molecule has 15 heavy (non-hydrogen) atoms. The van der Waals surface area contributed by atoms with Crippen LogP contribution < -0.4 is 0 Å². The average Bonchev–Trinajstić information content (AvgIpc) is 2.28. The van der Waals surface area contributed by atoms with Crippen LogP contribution in [0.3, 0.4) is 0 Å². The van der Waals surface area contributed by atoms with Crippen molar-refractivity contribution in [3.05, 3.63) is 47.0 Å². The van der Waals surface area contributed by atoms with Crippen LogP contribution in [0.5, 0.6) is 0 Å². The van der Waals surface area contributed by atoms with Crippen LogP contribution in [0, 0.1) is 0 Å². The van der Waals surface area contributed by atoms with Crippen LogP contribution in [0.4, 0.5) is 0 Å². The Morgan fingerprint density at radius 1 is 1.20 bits per heavy atom. The monoisotopic (exact) mass is 220 g/mol. The molecule has 2 heteroatoms. The summed E-state index contributed by atoms with van der Waals surface area (Å²) in [5, 5.41) is 12.1. The largest absolute Gasteiger partial charge is 0.396 e. The highest BCUT2D eigenvalue weighted by Gasteiger charge is 2.10. The lowest BCUT2D eigenvalue weighted by Gasteiger charge is -2.12. The zero-order chi connectivity index (χ0) is 10.8. The Bertz CT molecular complexity index is 474. The number of aliphatic hydroxyl groups is 1. The van der Waals surface area contributed by atoms with Crippen molar-refractivity contribution in [2.75, 3.05) is 6.61 Å². The van der Waals surface area contributed by atoms with Crippen LogP contribution in [-0.4, -0.2) is 11.7 Å². The lowest BCUT2D eigenvalue weighted by Crippen LogP contribution is -1.99. The van der Waals surface area contributed by atoms with Gasteiger partial charge in [0, 0.05) is 22.9 Å². The van der Waals surface area contributed by atoms with Crippen LogP contribution in [0.15, 0.2) is 36.4 Å². The fraction of sp³-hybridized carbons (Fsp3) is 0.231. The molecule has 0 heterocycles. The van der Waals surface area contributed by atoms with Crippen LogP contribution in [0.25, 0.3) is 10.8 Å². The molecular weight excluding hydrogens is 208 g/mol. The van der Waals surface area contributed by atoms with Gasteiger partial charge >= 0.3 is 0 Å². The molecule has 1 nitrogen and oxygen atoms in total. The second-order valence-electron chi connectivity index (χ2n) is 3.77. The second-order valence-corrected chi connectivity index (χ2v) is 4.18. The van der Waals surface area contributed by atoms with Crippen LogP contribution in [0.1, 0.15) is 18.4 Å². The van der Waals surface area contributed by atoms with Crippen molar-refractivity contribution in [1.29, 1.82) is 0 Å². The summed E-state index contributed by atoms with van der Waals surface area (Å²) in [4.78, 5) is 0. The topological polar surface area (TPSA) is 20.2 Å². The van der Waals surface area contributed by atoms with Crippen molar-refractivity contribution in [2.45, 2.75) is 12.8 Å². The molecule has 0 amide bonds. The maximum absolute atomic E-state index is 9.20. The number of fused-ring (bicyclic) bond motifs is 1. The van der Waals surface area contributed by atoms with E-state index in [2.05, 4.69) is 0 Å². The summed E-state index contributed by atoms with van der Waals surface area (Å²) < 4.78 is 0. The van der Waals surface area contributed by atoms with Gasteiger partial charge in [-0.3, -0.25) is 0 Å². The van der Waals surface area contributed by atoms with Gasteiger partial charge in [-0.15, -0.1) is 0 Å². The van der Waals surface area contributed by atoms with Gasteiger partial charge < -0.3 is 5.11 Å². The van der Waals surface area contributed by atoms with Crippen molar-refractivity contribution in [3.8, 4) is 0 Å². The Kier molecular flexibility index (Phi) is 2.94. The van der Waals surface area contributed by atoms with Gasteiger partial charge in [0.1, 0.15) is 0 Å². The normalized spacial score (nSPS) is 13.0. The van der Waals surface area contributed by atoms with E-state index >= 15 is 0 Å². The van der Waals surface area contributed by atoms with E-state index in [0.717, 1.165) is 21.4 Å². The van der Waals surface area contributed by atoms with E-state index in [-0.39, 0.29) is 12.5 Å². The van der Waals surface area contributed by atoms with Crippen molar-refractivity contribution in [3.63, 3.8) is 0 Å². The third kappa shape index (κ3) is 1.85. The number of benzene rings is 2. The van der Waals surface area contributed by atoms with Gasteiger partial charge in [-0.25, -0.2) is 0 Å². The Morgan fingerprint density at radius 2 is 1.87 bits per heavy atom. The highest BCUT2D eigenvalue weighted by atomic mass is 35.5. The Balaban J connectivity index is 2.74. The molecule has 0 aromatic heterocycles. The molecule has 1 unspecified atom stereocenters. The predicted octanol–water partition coefficient (Wildman–Crippen LogP) is 3.59. The number of halogens is 1. The molecule has 2 aromatic rings. The second kappa shape index (κ2) is 4.21. The summed E-state index contributed by atoms with van der Waals surface area (Å²) >= 11 is 6.18. The van der Waals surface area contributed by atoms with Gasteiger partial charge in [0.15, 0.2) is 0 Å². The molecule has 0 fully saturated rings. The van der Waals surface area contributed by atoms with Crippen LogP contribution >= 0.6 is 11.6 Å². The molecule has 0 aliphatic heterocycles. The Morgan fingerprint density at radius 3 is 2.53 bits per heavy atom. The third-order valence-electron chi connectivity index (χ3n) is 2.69. The molecule has 0 aliphatic rings. The van der Waals surface area contributed by atoms with E-state index in [1.54, 1.807) is 0 Å². The standard InChI is InChI=1S/C13H13ClO/c1-9(8-15)11-6-2-4-10-5-3-7-12(14)13(10)11/h2-7,9,15H,8H2,1H3. The van der Waals surface area contributed by atoms with E-state index in [1.807, 2.05) is 43.3 Å². The van der Waals surface area contributed by atoms with Gasteiger partial charge in [-0.2, -0.15) is 0 Å². The summed E-state index contributed by atoms with van der Waals surface area (Å²) in [6.45, 7) is 2.14. The molecule has 0 radical (unpaired) electrons. The molecular formula is C13H13ClO. The molecule has 0 aliphatic carbocycles. The molecule has 2 rings (SSSR count). The third-order valence-corrected chi connectivity index (χ3v) is 3.01. The van der Waals surface area contributed by atoms with Gasteiger partial charge in [-0.05, 0) is 17.0 Å². The minimum atomic E-state index is 0.119. The number of rotatable bonds is 2. The lowest BCUT2D eigenvalue weighted by atomic mass is 9.95. The molecule has 0 saturated heterocycles. The van der Waals surface area contributed by atoms with E-state index in [9.17, 15) is 5.11 Å². The van der Waals surface area contributed by atoms with Crippen molar-refractivity contribution < 1.29 is 5.11 Å². The first-order valence-corrected chi connectivity index (χ1v) is 5.40. The SMILES string of the molecule is CC(CO)c1cccc2cccc(Cl)c12. The van der Waals surface area contributed by atoms with Crippen molar-refractivity contribution in [1.82, 2.24) is 0 Å². The molecule has 1 N–H and O–H groups in total. The van der Waals surface area contributed by atoms with Gasteiger partial charge in [0.25, 0.3) is 0 Å². The number of aliphatic hydroxyl groups excluding tert-OH is 1. The zero-order valence-electron chi connectivity index (χ0n) is 8.57. The molecule has 2 aromatic carbocycles. The summed E-state index contributed by atoms with van der Waals surface area (Å²) in [7, 11) is 0. The summed E-state index contributed by atoms with van der Waals surface area (Å²) in [5.41, 5.74) is 1.11. The summed E-state index contributed by atoms with van der Waals surface area (Å²) in [5.74, 6) is 0.119. The van der Waals surface area contributed by atoms with Gasteiger partial charge in [-0.1, -0.05) is 48.9 Å². The van der Waals surface area contributed by atoms with Crippen LogP contribution in [-0.2, 0) is 0 Å². The zero-order valence-corrected chi connectivity index (χ0v) is 9.33. The lowest BCUT2D eigenvalue weighted by molar-refractivity contribution is 0.273. The van der Waals surface area contributed by atoms with E-state index in [4.69, 9.17) is 11.6 Å². The quantitative estimate of drug-likeness (QED) is 0.820. The Hall–Kier alpha value is -1.05. The van der Waals surface area contributed by atoms with Gasteiger partial charge in [0.2, 0.25) is 0 Å². The molecule has 78 valence electrons. The highest BCUT2D eigenvalue weighted by molar-refractivity contribution is 6.35. The minimum Gasteiger partial charge on any atom is -0.396 e. The average molecular weight is 221 g/mol. The summed E-state index contributed by atoms with van der Waals surface area (Å²) in [6, 6.07) is 11.9. The first-order chi connectivity index (χ1) is 7.24. The highest BCUT2D eigenvalue weighted by Crippen LogP contribution is 2.30. The molecule has 0 saturated carbocycles. The predicted molar refractivity (Wildman–Crippen MR) is 64.5 cm³/mol. The molecule has 0 bridgehead atoms.